The minimum Gasteiger partial charge on any atom is -0.364 e. The van der Waals surface area contributed by atoms with Crippen LogP contribution in [0, 0.1) is 0 Å². The maximum atomic E-state index is 12.0. The van der Waals surface area contributed by atoms with Gasteiger partial charge in [0.25, 0.3) is 5.91 Å². The molecule has 0 bridgehead atoms. The lowest BCUT2D eigenvalue weighted by molar-refractivity contribution is 0.0938. The number of rotatable bonds is 3. The van der Waals surface area contributed by atoms with Gasteiger partial charge in [0, 0.05) is 41.3 Å². The molecule has 1 rings (SSSR count). The Morgan fingerprint density at radius 3 is 2.30 bits per heavy atom. The van der Waals surface area contributed by atoms with Gasteiger partial charge in [0.2, 0.25) is 5.95 Å². The molecular formula is C11H19N7OS. The van der Waals surface area contributed by atoms with Crippen molar-refractivity contribution in [3.63, 3.8) is 0 Å². The van der Waals surface area contributed by atoms with Gasteiger partial charge in [0.05, 0.1) is 0 Å². The topological polar surface area (TPSA) is 85.4 Å². The van der Waals surface area contributed by atoms with Crippen LogP contribution in [0.2, 0.25) is 0 Å². The number of carbonyl (C=O) groups excluding carboxylic acids is 1. The molecule has 0 spiro atoms. The third kappa shape index (κ3) is 4.19. The number of aromatic nitrogens is 2. The van der Waals surface area contributed by atoms with Crippen molar-refractivity contribution in [1.82, 2.24) is 26.1 Å². The molecule has 0 aliphatic heterocycles. The number of carbonyl (C=O) groups is 1. The maximum Gasteiger partial charge on any atom is 0.288 e. The molecule has 0 radical (unpaired) electrons. The second-order valence-electron chi connectivity index (χ2n) is 4.36. The summed E-state index contributed by atoms with van der Waals surface area (Å²) in [4.78, 5) is 24.1. The van der Waals surface area contributed by atoms with Crippen molar-refractivity contribution >= 4 is 35.0 Å². The third-order valence-corrected chi connectivity index (χ3v) is 2.61. The zero-order chi connectivity index (χ0) is 15.3. The average Bonchev–Trinajstić information content (AvgIpc) is 2.43. The number of hydrogen-bond donors (Lipinski definition) is 3. The van der Waals surface area contributed by atoms with Crippen LogP contribution in [0.25, 0.3) is 0 Å². The number of amides is 1. The van der Waals surface area contributed by atoms with E-state index in [1.807, 2.05) is 28.2 Å². The molecule has 0 unspecified atom stereocenters. The molecule has 8 nitrogen and oxygen atoms in total. The molecule has 0 aliphatic carbocycles. The van der Waals surface area contributed by atoms with Crippen molar-refractivity contribution in [3.8, 4) is 0 Å². The summed E-state index contributed by atoms with van der Waals surface area (Å²) < 4.78 is 0. The van der Waals surface area contributed by atoms with Crippen molar-refractivity contribution in [2.24, 2.45) is 0 Å². The van der Waals surface area contributed by atoms with Crippen LogP contribution >= 0.6 is 12.2 Å². The van der Waals surface area contributed by atoms with Gasteiger partial charge in [0.15, 0.2) is 5.11 Å². The van der Waals surface area contributed by atoms with Crippen LogP contribution in [-0.2, 0) is 0 Å². The molecule has 0 fully saturated rings. The third-order valence-electron chi connectivity index (χ3n) is 2.31. The van der Waals surface area contributed by atoms with Crippen LogP contribution in [0.5, 0.6) is 0 Å². The Kier molecular flexibility index (Phi) is 5.44. The summed E-state index contributed by atoms with van der Waals surface area (Å²) in [7, 11) is 8.96. The molecule has 0 saturated carbocycles. The molecule has 0 aliphatic rings. The summed E-state index contributed by atoms with van der Waals surface area (Å²) in [6.45, 7) is 0. The van der Waals surface area contributed by atoms with E-state index in [-0.39, 0.29) is 5.69 Å². The highest BCUT2D eigenvalue weighted by Crippen LogP contribution is 2.14. The minimum absolute atomic E-state index is 0.249. The first-order chi connectivity index (χ1) is 9.35. The number of hydrazine groups is 1. The largest absolute Gasteiger partial charge is 0.364 e. The second-order valence-corrected chi connectivity index (χ2v) is 4.77. The molecular weight excluding hydrogens is 278 g/mol. The molecule has 9 heteroatoms. The van der Waals surface area contributed by atoms with E-state index in [9.17, 15) is 4.79 Å². The smallest absolute Gasteiger partial charge is 0.288 e. The van der Waals surface area contributed by atoms with Gasteiger partial charge in [-0.1, -0.05) is 0 Å². The molecule has 3 N–H and O–H groups in total. The molecule has 110 valence electrons. The summed E-state index contributed by atoms with van der Waals surface area (Å²) in [6.07, 6.45) is 0. The Balaban J connectivity index is 2.98. The molecule has 20 heavy (non-hydrogen) atoms. The molecule has 0 saturated heterocycles. The van der Waals surface area contributed by atoms with Gasteiger partial charge in [-0.15, -0.1) is 0 Å². The molecule has 1 amide bonds. The quantitative estimate of drug-likeness (QED) is 0.501. The van der Waals surface area contributed by atoms with Gasteiger partial charge in [0.1, 0.15) is 11.5 Å². The van der Waals surface area contributed by atoms with Gasteiger partial charge in [-0.05, 0) is 12.2 Å². The van der Waals surface area contributed by atoms with Gasteiger partial charge in [-0.2, -0.15) is 4.98 Å². The minimum atomic E-state index is -0.392. The van der Waals surface area contributed by atoms with Crippen LogP contribution in [0.15, 0.2) is 6.07 Å². The number of nitrogens with one attached hydrogen (secondary N) is 3. The molecule has 1 aromatic rings. The van der Waals surface area contributed by atoms with Crippen molar-refractivity contribution in [3.05, 3.63) is 11.8 Å². The summed E-state index contributed by atoms with van der Waals surface area (Å²) >= 11 is 4.87. The van der Waals surface area contributed by atoms with E-state index < -0.39 is 5.91 Å². The lowest BCUT2D eigenvalue weighted by atomic mass is 10.3. The fourth-order valence-electron chi connectivity index (χ4n) is 1.21. The highest BCUT2D eigenvalue weighted by Gasteiger charge is 2.13. The summed E-state index contributed by atoms with van der Waals surface area (Å²) in [6, 6.07) is 1.60. The van der Waals surface area contributed by atoms with Crippen LogP contribution < -0.4 is 26.0 Å². The Labute approximate surface area is 123 Å². The lowest BCUT2D eigenvalue weighted by Gasteiger charge is -2.17. The van der Waals surface area contributed by atoms with Gasteiger partial charge < -0.3 is 15.1 Å². The number of anilines is 2. The Bertz CT molecular complexity index is 477. The van der Waals surface area contributed by atoms with E-state index in [1.165, 1.54) is 0 Å². The molecule has 1 aromatic heterocycles. The predicted octanol–water partition coefficient (Wildman–Crippen LogP) is -0.653. The first kappa shape index (κ1) is 15.9. The summed E-state index contributed by atoms with van der Waals surface area (Å²) in [5, 5.41) is 3.00. The number of nitrogens with zero attached hydrogens (tertiary/aromatic N) is 4. The Hall–Kier alpha value is -2.16. The highest BCUT2D eigenvalue weighted by molar-refractivity contribution is 7.80. The zero-order valence-corrected chi connectivity index (χ0v) is 13.0. The highest BCUT2D eigenvalue weighted by atomic mass is 32.1. The lowest BCUT2D eigenvalue weighted by Crippen LogP contribution is -2.46. The molecule has 0 atom stereocenters. The van der Waals surface area contributed by atoms with E-state index >= 15 is 0 Å². The fraction of sp³-hybridized carbons (Fsp3) is 0.455. The first-order valence-electron chi connectivity index (χ1n) is 5.87. The number of thiocarbonyl (C=S) groups is 1. The Morgan fingerprint density at radius 2 is 1.80 bits per heavy atom. The Morgan fingerprint density at radius 1 is 1.15 bits per heavy atom. The van der Waals surface area contributed by atoms with E-state index in [4.69, 9.17) is 12.2 Å². The summed E-state index contributed by atoms with van der Waals surface area (Å²) in [5.41, 5.74) is 5.27. The van der Waals surface area contributed by atoms with Crippen molar-refractivity contribution < 1.29 is 4.79 Å². The first-order valence-corrected chi connectivity index (χ1v) is 6.27. The monoisotopic (exact) mass is 297 g/mol. The number of hydrogen-bond acceptors (Lipinski definition) is 6. The standard InChI is InChI=1S/C11H19N7OS/c1-12-11(20)16-15-9(19)7-6-8(17(2)3)14-10(13-7)18(4)5/h6H,1-5H3,(H,15,19)(H2,12,16,20). The van der Waals surface area contributed by atoms with Gasteiger partial charge in [-0.25, -0.2) is 4.98 Å². The van der Waals surface area contributed by atoms with E-state index in [0.717, 1.165) is 0 Å². The van der Waals surface area contributed by atoms with Crippen molar-refractivity contribution in [2.75, 3.05) is 45.0 Å². The maximum absolute atomic E-state index is 12.0. The SMILES string of the molecule is CNC(=S)NNC(=O)c1cc(N(C)C)nc(N(C)C)n1. The normalized spacial score (nSPS) is 9.65. The van der Waals surface area contributed by atoms with Gasteiger partial charge >= 0.3 is 0 Å². The molecule has 1 heterocycles. The fourth-order valence-corrected chi connectivity index (χ4v) is 1.26. The van der Waals surface area contributed by atoms with Crippen LogP contribution in [-0.4, -0.2) is 56.2 Å². The van der Waals surface area contributed by atoms with E-state index in [2.05, 4.69) is 26.1 Å². The summed E-state index contributed by atoms with van der Waals surface area (Å²) in [5.74, 6) is 0.707. The van der Waals surface area contributed by atoms with Gasteiger partial charge in [-0.3, -0.25) is 15.6 Å². The zero-order valence-electron chi connectivity index (χ0n) is 12.2. The van der Waals surface area contributed by atoms with Crippen LogP contribution in [0.3, 0.4) is 0 Å². The van der Waals surface area contributed by atoms with E-state index in [0.29, 0.717) is 16.9 Å². The van der Waals surface area contributed by atoms with Crippen LogP contribution in [0.4, 0.5) is 11.8 Å². The van der Waals surface area contributed by atoms with Crippen molar-refractivity contribution in [2.45, 2.75) is 0 Å². The van der Waals surface area contributed by atoms with Crippen LogP contribution in [0.1, 0.15) is 10.5 Å². The molecule has 0 aromatic carbocycles. The predicted molar refractivity (Wildman–Crippen MR) is 82.9 cm³/mol. The second kappa shape index (κ2) is 6.85. The average molecular weight is 297 g/mol. The van der Waals surface area contributed by atoms with Crippen molar-refractivity contribution in [1.29, 1.82) is 0 Å². The van der Waals surface area contributed by atoms with E-state index in [1.54, 1.807) is 22.9 Å².